The molecule has 0 aromatic rings. The van der Waals surface area contributed by atoms with Gasteiger partial charge in [0.25, 0.3) is 0 Å². The highest BCUT2D eigenvalue weighted by Gasteiger charge is 2.26. The van der Waals surface area contributed by atoms with Crippen molar-refractivity contribution in [2.45, 2.75) is 59.4 Å². The zero-order valence-corrected chi connectivity index (χ0v) is 9.89. The molecule has 0 spiro atoms. The van der Waals surface area contributed by atoms with Crippen LogP contribution in [0.2, 0.25) is 0 Å². The third-order valence-electron chi connectivity index (χ3n) is 2.90. The largest absolute Gasteiger partial charge is 0.353 e. The Labute approximate surface area is 87.5 Å². The van der Waals surface area contributed by atoms with Gasteiger partial charge in [-0.1, -0.05) is 34.1 Å². The van der Waals surface area contributed by atoms with Gasteiger partial charge < -0.3 is 5.32 Å². The molecule has 82 valence electrons. The smallest absolute Gasteiger partial charge is 0.220 e. The summed E-state index contributed by atoms with van der Waals surface area (Å²) in [4.78, 5) is 11.6. The van der Waals surface area contributed by atoms with Crippen molar-refractivity contribution in [2.75, 3.05) is 0 Å². The monoisotopic (exact) mass is 197 g/mol. The summed E-state index contributed by atoms with van der Waals surface area (Å²) in [6.07, 6.45) is 4.33. The van der Waals surface area contributed by atoms with E-state index in [9.17, 15) is 4.79 Å². The van der Waals surface area contributed by atoms with Gasteiger partial charge in [-0.2, -0.15) is 0 Å². The fraction of sp³-hybridized carbons (Fsp3) is 0.917. The van der Waals surface area contributed by atoms with Gasteiger partial charge in [0.15, 0.2) is 0 Å². The van der Waals surface area contributed by atoms with E-state index < -0.39 is 0 Å². The van der Waals surface area contributed by atoms with Gasteiger partial charge in [0.05, 0.1) is 0 Å². The maximum absolute atomic E-state index is 11.6. The number of hydrogen-bond acceptors (Lipinski definition) is 1. The zero-order chi connectivity index (χ0) is 10.8. The molecule has 1 aliphatic rings. The molecule has 0 bridgehead atoms. The van der Waals surface area contributed by atoms with Crippen LogP contribution in [0.5, 0.6) is 0 Å². The summed E-state index contributed by atoms with van der Waals surface area (Å²) in [7, 11) is 0. The van der Waals surface area contributed by atoms with Gasteiger partial charge >= 0.3 is 0 Å². The molecular formula is C12H23NO. The van der Waals surface area contributed by atoms with Gasteiger partial charge in [0.2, 0.25) is 5.91 Å². The third-order valence-corrected chi connectivity index (χ3v) is 2.90. The van der Waals surface area contributed by atoms with Crippen LogP contribution in [0.4, 0.5) is 0 Å². The van der Waals surface area contributed by atoms with Crippen LogP contribution >= 0.6 is 0 Å². The zero-order valence-electron chi connectivity index (χ0n) is 9.89. The second kappa shape index (κ2) is 4.33. The summed E-state index contributed by atoms with van der Waals surface area (Å²) < 4.78 is 0. The summed E-state index contributed by atoms with van der Waals surface area (Å²) in [6.45, 7) is 8.54. The van der Waals surface area contributed by atoms with Crippen LogP contribution in [0.25, 0.3) is 0 Å². The first-order valence-electron chi connectivity index (χ1n) is 5.68. The molecule has 1 amide bonds. The number of nitrogens with one attached hydrogen (secondary N) is 1. The van der Waals surface area contributed by atoms with Crippen LogP contribution in [0.15, 0.2) is 0 Å². The number of carbonyl (C=O) groups is 1. The number of carbonyl (C=O) groups excluding carboxylic acids is 1. The molecule has 2 nitrogen and oxygen atoms in total. The van der Waals surface area contributed by atoms with Crippen molar-refractivity contribution < 1.29 is 4.79 Å². The molecule has 0 unspecified atom stereocenters. The van der Waals surface area contributed by atoms with Crippen molar-refractivity contribution in [1.29, 1.82) is 0 Å². The van der Waals surface area contributed by atoms with Crippen LogP contribution in [-0.2, 0) is 4.79 Å². The lowest BCUT2D eigenvalue weighted by molar-refractivity contribution is -0.123. The number of hydrogen-bond donors (Lipinski definition) is 1. The summed E-state index contributed by atoms with van der Waals surface area (Å²) >= 11 is 0. The Hall–Kier alpha value is -0.530. The van der Waals surface area contributed by atoms with E-state index >= 15 is 0 Å². The van der Waals surface area contributed by atoms with E-state index in [4.69, 9.17) is 0 Å². The Morgan fingerprint density at radius 1 is 1.36 bits per heavy atom. The van der Waals surface area contributed by atoms with Crippen molar-refractivity contribution in [3.05, 3.63) is 0 Å². The predicted molar refractivity (Wildman–Crippen MR) is 59.0 cm³/mol. The fourth-order valence-electron chi connectivity index (χ4n) is 2.10. The first-order valence-corrected chi connectivity index (χ1v) is 5.68. The molecule has 0 aromatic carbocycles. The molecular weight excluding hydrogens is 174 g/mol. The summed E-state index contributed by atoms with van der Waals surface area (Å²) in [5.41, 5.74) is 0.103. The maximum atomic E-state index is 11.6. The van der Waals surface area contributed by atoms with Crippen LogP contribution in [-0.4, -0.2) is 11.9 Å². The molecule has 0 saturated heterocycles. The van der Waals surface area contributed by atoms with Gasteiger partial charge in [-0.25, -0.2) is 0 Å². The highest BCUT2D eigenvalue weighted by molar-refractivity contribution is 5.76. The van der Waals surface area contributed by atoms with E-state index in [1.807, 2.05) is 0 Å². The van der Waals surface area contributed by atoms with Gasteiger partial charge in [-0.05, 0) is 24.2 Å². The average molecular weight is 197 g/mol. The topological polar surface area (TPSA) is 29.1 Å². The molecule has 2 atom stereocenters. The van der Waals surface area contributed by atoms with E-state index in [1.54, 1.807) is 0 Å². The first-order chi connectivity index (χ1) is 6.38. The van der Waals surface area contributed by atoms with E-state index in [2.05, 4.69) is 33.0 Å². The lowest BCUT2D eigenvalue weighted by atomic mass is 9.91. The minimum absolute atomic E-state index is 0.103. The highest BCUT2D eigenvalue weighted by atomic mass is 16.1. The van der Waals surface area contributed by atoms with Gasteiger partial charge in [0, 0.05) is 12.5 Å². The Morgan fingerprint density at radius 3 is 2.43 bits per heavy atom. The Bertz CT molecular complexity index is 205. The van der Waals surface area contributed by atoms with Crippen molar-refractivity contribution in [3.8, 4) is 0 Å². The molecule has 0 radical (unpaired) electrons. The molecule has 1 saturated carbocycles. The second-order valence-corrected chi connectivity index (χ2v) is 5.82. The number of rotatable bonds is 2. The molecule has 0 heterocycles. The van der Waals surface area contributed by atoms with E-state index in [1.165, 1.54) is 12.8 Å². The summed E-state index contributed by atoms with van der Waals surface area (Å²) in [5.74, 6) is 0.884. The molecule has 1 N–H and O–H groups in total. The van der Waals surface area contributed by atoms with Crippen LogP contribution in [0.1, 0.15) is 53.4 Å². The quantitative estimate of drug-likeness (QED) is 0.724. The minimum Gasteiger partial charge on any atom is -0.353 e. The summed E-state index contributed by atoms with van der Waals surface area (Å²) in [6, 6.07) is 0.435. The Morgan fingerprint density at radius 2 is 2.00 bits per heavy atom. The average Bonchev–Trinajstić information content (AvgIpc) is 2.32. The lowest BCUT2D eigenvalue weighted by Gasteiger charge is -2.21. The van der Waals surface area contributed by atoms with E-state index in [0.29, 0.717) is 18.4 Å². The molecule has 14 heavy (non-hydrogen) atoms. The molecule has 1 rings (SSSR count). The summed E-state index contributed by atoms with van der Waals surface area (Å²) in [5, 5.41) is 3.15. The standard InChI is InChI=1S/C12H23NO/c1-9-6-5-7-10(9)13-11(14)8-12(2,3)4/h9-10H,5-8H2,1-4H3,(H,13,14)/t9-,10-/m0/s1. The molecule has 1 aliphatic carbocycles. The first kappa shape index (κ1) is 11.5. The Kier molecular flexibility index (Phi) is 3.57. The SMILES string of the molecule is C[C@H]1CCC[C@@H]1NC(=O)CC(C)(C)C. The van der Waals surface area contributed by atoms with Crippen LogP contribution < -0.4 is 5.32 Å². The maximum Gasteiger partial charge on any atom is 0.220 e. The third kappa shape index (κ3) is 3.69. The number of amides is 1. The predicted octanol–water partition coefficient (Wildman–Crippen LogP) is 2.73. The molecule has 2 heteroatoms. The van der Waals surface area contributed by atoms with Crippen molar-refractivity contribution in [3.63, 3.8) is 0 Å². The van der Waals surface area contributed by atoms with Gasteiger partial charge in [0.1, 0.15) is 0 Å². The Balaban J connectivity index is 2.33. The van der Waals surface area contributed by atoms with E-state index in [-0.39, 0.29) is 11.3 Å². The molecule has 0 aliphatic heterocycles. The second-order valence-electron chi connectivity index (χ2n) is 5.82. The lowest BCUT2D eigenvalue weighted by Crippen LogP contribution is -2.38. The van der Waals surface area contributed by atoms with Crippen molar-refractivity contribution in [1.82, 2.24) is 5.32 Å². The molecule has 1 fully saturated rings. The van der Waals surface area contributed by atoms with Crippen LogP contribution in [0.3, 0.4) is 0 Å². The van der Waals surface area contributed by atoms with E-state index in [0.717, 1.165) is 6.42 Å². The van der Waals surface area contributed by atoms with Crippen LogP contribution in [0, 0.1) is 11.3 Å². The van der Waals surface area contributed by atoms with Crippen molar-refractivity contribution >= 4 is 5.91 Å². The fourth-order valence-corrected chi connectivity index (χ4v) is 2.10. The van der Waals surface area contributed by atoms with Gasteiger partial charge in [-0.15, -0.1) is 0 Å². The normalized spacial score (nSPS) is 27.7. The minimum atomic E-state index is 0.103. The molecule has 0 aromatic heterocycles. The van der Waals surface area contributed by atoms with Gasteiger partial charge in [-0.3, -0.25) is 4.79 Å². The highest BCUT2D eigenvalue weighted by Crippen LogP contribution is 2.25. The van der Waals surface area contributed by atoms with Crippen molar-refractivity contribution in [2.24, 2.45) is 11.3 Å².